The van der Waals surface area contributed by atoms with Crippen molar-refractivity contribution in [1.29, 1.82) is 0 Å². The van der Waals surface area contributed by atoms with Crippen LogP contribution in [-0.2, 0) is 22.6 Å². The van der Waals surface area contributed by atoms with Crippen LogP contribution in [0.25, 0.3) is 11.2 Å². The number of hydrogen-bond donors (Lipinski definition) is 3. The Morgan fingerprint density at radius 1 is 1.25 bits per heavy atom. The molecule has 188 valence electrons. The van der Waals surface area contributed by atoms with Crippen molar-refractivity contribution in [2.45, 2.75) is 45.6 Å². The van der Waals surface area contributed by atoms with Gasteiger partial charge in [0.2, 0.25) is 5.91 Å². The number of nitrogens with one attached hydrogen (secondary N) is 1. The van der Waals surface area contributed by atoms with Gasteiger partial charge in [0.05, 0.1) is 35.3 Å². The van der Waals surface area contributed by atoms with E-state index in [9.17, 15) is 4.79 Å². The Kier molecular flexibility index (Phi) is 7.80. The Morgan fingerprint density at radius 3 is 2.81 bits per heavy atom. The van der Waals surface area contributed by atoms with E-state index in [4.69, 9.17) is 27.8 Å². The standard InChI is InChI=1S/C24H24ClN7O2.C2H6/c25-17-5-6-31-14-28-20(21(31)7-17)9-24(33)30-18(10-26)8-22(27)34-13-19-12-32-11-16(15-1-2-15)3-4-23(32)29-19;1-2/h3-8,10-12,14-15H,1-2,9,13,26-27H2,(H,30,33);1-2H3/b18-10+,22-8+;. The highest BCUT2D eigenvalue weighted by Gasteiger charge is 2.23. The van der Waals surface area contributed by atoms with E-state index in [-0.39, 0.29) is 24.8 Å². The third-order valence-corrected chi connectivity index (χ3v) is 5.86. The summed E-state index contributed by atoms with van der Waals surface area (Å²) in [5, 5.41) is 3.28. The lowest BCUT2D eigenvalue weighted by molar-refractivity contribution is -0.119. The molecule has 0 aliphatic heterocycles. The second-order valence-corrected chi connectivity index (χ2v) is 8.68. The first-order valence-electron chi connectivity index (χ1n) is 11.9. The maximum atomic E-state index is 12.5. The predicted molar refractivity (Wildman–Crippen MR) is 140 cm³/mol. The number of pyridine rings is 2. The number of carbonyl (C=O) groups excluding carboxylic acids is 1. The van der Waals surface area contributed by atoms with Crippen LogP contribution in [0.1, 0.15) is 49.6 Å². The first-order valence-corrected chi connectivity index (χ1v) is 12.3. The van der Waals surface area contributed by atoms with Crippen molar-refractivity contribution in [1.82, 2.24) is 24.1 Å². The van der Waals surface area contributed by atoms with Gasteiger partial charge >= 0.3 is 0 Å². The molecule has 0 spiro atoms. The average molecular weight is 508 g/mol. The van der Waals surface area contributed by atoms with Crippen molar-refractivity contribution in [2.24, 2.45) is 11.5 Å². The van der Waals surface area contributed by atoms with Gasteiger partial charge in [0, 0.05) is 35.9 Å². The van der Waals surface area contributed by atoms with Crippen molar-refractivity contribution >= 4 is 28.7 Å². The van der Waals surface area contributed by atoms with Crippen LogP contribution in [0.5, 0.6) is 0 Å². The fourth-order valence-electron chi connectivity index (χ4n) is 3.78. The van der Waals surface area contributed by atoms with Gasteiger partial charge in [-0.25, -0.2) is 9.97 Å². The van der Waals surface area contributed by atoms with Crippen LogP contribution in [0.3, 0.4) is 0 Å². The van der Waals surface area contributed by atoms with Crippen molar-refractivity contribution < 1.29 is 9.53 Å². The summed E-state index contributed by atoms with van der Waals surface area (Å²) >= 11 is 6.06. The zero-order valence-electron chi connectivity index (χ0n) is 20.3. The number of allylic oxidation sites excluding steroid dienone is 1. The number of imidazole rings is 2. The molecule has 0 saturated heterocycles. The summed E-state index contributed by atoms with van der Waals surface area (Å²) < 4.78 is 9.43. The molecule has 4 aromatic rings. The number of nitrogens with zero attached hydrogens (tertiary/aromatic N) is 4. The molecule has 1 aliphatic rings. The molecule has 0 unspecified atom stereocenters. The van der Waals surface area contributed by atoms with Crippen LogP contribution in [0.2, 0.25) is 5.02 Å². The van der Waals surface area contributed by atoms with E-state index in [1.807, 2.05) is 30.5 Å². The van der Waals surface area contributed by atoms with Gasteiger partial charge in [-0.3, -0.25) is 4.79 Å². The fraction of sp³-hybridized carbons (Fsp3) is 0.269. The van der Waals surface area contributed by atoms with Gasteiger partial charge < -0.3 is 30.3 Å². The monoisotopic (exact) mass is 507 g/mol. The third-order valence-electron chi connectivity index (χ3n) is 5.63. The fourth-order valence-corrected chi connectivity index (χ4v) is 3.94. The molecule has 9 nitrogen and oxygen atoms in total. The summed E-state index contributed by atoms with van der Waals surface area (Å²) in [5.41, 5.74) is 16.3. The molecule has 0 aromatic carbocycles. The summed E-state index contributed by atoms with van der Waals surface area (Å²) in [4.78, 5) is 21.4. The maximum absolute atomic E-state index is 12.5. The number of hydrogen-bond acceptors (Lipinski definition) is 6. The minimum Gasteiger partial charge on any atom is -0.473 e. The van der Waals surface area contributed by atoms with Gasteiger partial charge in [-0.2, -0.15) is 0 Å². The summed E-state index contributed by atoms with van der Waals surface area (Å²) in [7, 11) is 0. The van der Waals surface area contributed by atoms with Gasteiger partial charge in [-0.1, -0.05) is 31.5 Å². The van der Waals surface area contributed by atoms with Crippen LogP contribution in [0, 0.1) is 0 Å². The Balaban J connectivity index is 0.00000148. The molecule has 36 heavy (non-hydrogen) atoms. The molecule has 4 heterocycles. The predicted octanol–water partition coefficient (Wildman–Crippen LogP) is 4.01. The van der Waals surface area contributed by atoms with Crippen molar-refractivity contribution in [2.75, 3.05) is 0 Å². The highest BCUT2D eigenvalue weighted by molar-refractivity contribution is 6.30. The molecule has 0 atom stereocenters. The largest absolute Gasteiger partial charge is 0.473 e. The zero-order chi connectivity index (χ0) is 25.7. The molecule has 5 N–H and O–H groups in total. The number of carbonyl (C=O) groups is 1. The van der Waals surface area contributed by atoms with E-state index in [2.05, 4.69) is 27.5 Å². The van der Waals surface area contributed by atoms with Crippen LogP contribution in [0.15, 0.2) is 73.0 Å². The molecular weight excluding hydrogens is 478 g/mol. The summed E-state index contributed by atoms with van der Waals surface area (Å²) in [6.45, 7) is 4.19. The third kappa shape index (κ3) is 5.98. The number of fused-ring (bicyclic) bond motifs is 2. The molecule has 1 amide bonds. The van der Waals surface area contributed by atoms with Gasteiger partial charge in [-0.05, 0) is 42.5 Å². The second kappa shape index (κ2) is 11.2. The molecule has 1 aliphatic carbocycles. The lowest BCUT2D eigenvalue weighted by Gasteiger charge is -2.08. The highest BCUT2D eigenvalue weighted by Crippen LogP contribution is 2.39. The zero-order valence-corrected chi connectivity index (χ0v) is 21.1. The number of nitrogens with two attached hydrogens (primary N) is 2. The van der Waals surface area contributed by atoms with E-state index in [1.54, 1.807) is 29.1 Å². The Hall–Kier alpha value is -3.98. The minimum absolute atomic E-state index is 0.0485. The van der Waals surface area contributed by atoms with E-state index in [0.29, 0.717) is 22.3 Å². The van der Waals surface area contributed by atoms with Gasteiger partial charge in [0.15, 0.2) is 5.88 Å². The molecule has 1 fully saturated rings. The molecular formula is C26H30ClN7O2. The van der Waals surface area contributed by atoms with Gasteiger partial charge in [0.1, 0.15) is 12.3 Å². The Bertz CT molecular complexity index is 1430. The average Bonchev–Trinajstić information content (AvgIpc) is 3.55. The summed E-state index contributed by atoms with van der Waals surface area (Å²) in [6.07, 6.45) is 12.7. The number of ether oxygens (including phenoxy) is 1. The summed E-state index contributed by atoms with van der Waals surface area (Å²) in [5.74, 6) is 0.479. The smallest absolute Gasteiger partial charge is 0.230 e. The van der Waals surface area contributed by atoms with E-state index in [1.165, 1.54) is 30.7 Å². The minimum atomic E-state index is -0.298. The molecule has 0 radical (unpaired) electrons. The van der Waals surface area contributed by atoms with E-state index >= 15 is 0 Å². The maximum Gasteiger partial charge on any atom is 0.230 e. The molecule has 4 aromatic heterocycles. The van der Waals surface area contributed by atoms with Crippen LogP contribution >= 0.6 is 11.6 Å². The van der Waals surface area contributed by atoms with Crippen LogP contribution in [0.4, 0.5) is 0 Å². The molecule has 1 saturated carbocycles. The SMILES string of the molecule is CC.N/C=C(\C=C(/N)OCc1cn2cc(C3CC3)ccc2n1)NC(=O)Cc1ncn2ccc(Cl)cc12. The first-order chi connectivity index (χ1) is 17.5. The topological polar surface area (TPSA) is 125 Å². The highest BCUT2D eigenvalue weighted by atomic mass is 35.5. The number of rotatable bonds is 8. The number of aromatic nitrogens is 4. The lowest BCUT2D eigenvalue weighted by Crippen LogP contribution is -2.25. The Morgan fingerprint density at radius 2 is 2.06 bits per heavy atom. The van der Waals surface area contributed by atoms with E-state index < -0.39 is 0 Å². The van der Waals surface area contributed by atoms with Crippen molar-refractivity contribution in [3.8, 4) is 0 Å². The lowest BCUT2D eigenvalue weighted by atomic mass is 10.2. The Labute approximate surface area is 214 Å². The van der Waals surface area contributed by atoms with Crippen LogP contribution < -0.4 is 16.8 Å². The second-order valence-electron chi connectivity index (χ2n) is 8.25. The number of halogens is 1. The normalized spacial score (nSPS) is 14.0. The number of amides is 1. The van der Waals surface area contributed by atoms with E-state index in [0.717, 1.165) is 16.9 Å². The molecule has 10 heteroatoms. The first kappa shape index (κ1) is 25.1. The van der Waals surface area contributed by atoms with Gasteiger partial charge in [0.25, 0.3) is 0 Å². The van der Waals surface area contributed by atoms with Crippen molar-refractivity contribution in [3.63, 3.8) is 0 Å². The summed E-state index contributed by atoms with van der Waals surface area (Å²) in [6, 6.07) is 7.65. The van der Waals surface area contributed by atoms with Crippen molar-refractivity contribution in [3.05, 3.63) is 95.0 Å². The van der Waals surface area contributed by atoms with Crippen LogP contribution in [-0.4, -0.2) is 24.7 Å². The quantitative estimate of drug-likeness (QED) is 0.244. The van der Waals surface area contributed by atoms with Gasteiger partial charge in [-0.15, -0.1) is 0 Å². The molecule has 0 bridgehead atoms. The molecule has 5 rings (SSSR count).